The molecule has 0 aliphatic carbocycles. The van der Waals surface area contributed by atoms with Gasteiger partial charge in [0.1, 0.15) is 6.04 Å². The van der Waals surface area contributed by atoms with E-state index in [2.05, 4.69) is 16.0 Å². The zero-order valence-corrected chi connectivity index (χ0v) is 13.1. The predicted molar refractivity (Wildman–Crippen MR) is 85.1 cm³/mol. The number of carbonyl (C=O) groups is 3. The Balaban J connectivity index is 1.75. The molecule has 7 nitrogen and oxygen atoms in total. The van der Waals surface area contributed by atoms with Crippen molar-refractivity contribution in [3.05, 3.63) is 29.6 Å². The molecule has 1 aromatic rings. The average molecular weight is 334 g/mol. The summed E-state index contributed by atoms with van der Waals surface area (Å²) in [6.45, 7) is 2.84. The highest BCUT2D eigenvalue weighted by Crippen LogP contribution is 2.23. The van der Waals surface area contributed by atoms with Gasteiger partial charge in [-0.25, -0.2) is 4.39 Å². The van der Waals surface area contributed by atoms with Crippen LogP contribution in [0.2, 0.25) is 0 Å². The first-order valence-electron chi connectivity index (χ1n) is 7.95. The summed E-state index contributed by atoms with van der Waals surface area (Å²) in [6, 6.07) is 3.84. The zero-order chi connectivity index (χ0) is 17.1. The van der Waals surface area contributed by atoms with Gasteiger partial charge in [-0.15, -0.1) is 0 Å². The van der Waals surface area contributed by atoms with Crippen molar-refractivity contribution in [3.8, 4) is 0 Å². The van der Waals surface area contributed by atoms with Crippen LogP contribution in [0, 0.1) is 5.82 Å². The minimum absolute atomic E-state index is 0.101. The second-order valence-electron chi connectivity index (χ2n) is 5.85. The molecule has 3 amide bonds. The quantitative estimate of drug-likeness (QED) is 0.665. The van der Waals surface area contributed by atoms with Gasteiger partial charge in [0.25, 0.3) is 5.91 Å². The van der Waals surface area contributed by atoms with E-state index in [0.29, 0.717) is 18.8 Å². The summed E-state index contributed by atoms with van der Waals surface area (Å²) in [5.41, 5.74) is 0.281. The van der Waals surface area contributed by atoms with E-state index in [1.807, 2.05) is 4.90 Å². The van der Waals surface area contributed by atoms with E-state index in [4.69, 9.17) is 0 Å². The number of halogens is 1. The number of piperidine rings is 1. The van der Waals surface area contributed by atoms with E-state index in [9.17, 15) is 18.8 Å². The van der Waals surface area contributed by atoms with Crippen LogP contribution in [0.3, 0.4) is 0 Å². The largest absolute Gasteiger partial charge is 0.367 e. The molecule has 8 heteroatoms. The fourth-order valence-electron chi connectivity index (χ4n) is 2.91. The summed E-state index contributed by atoms with van der Waals surface area (Å²) in [5.74, 6) is -2.17. The summed E-state index contributed by atoms with van der Waals surface area (Å²) in [4.78, 5) is 37.1. The summed E-state index contributed by atoms with van der Waals surface area (Å²) >= 11 is 0. The van der Waals surface area contributed by atoms with E-state index in [0.717, 1.165) is 13.1 Å². The van der Waals surface area contributed by atoms with Crippen molar-refractivity contribution in [1.82, 2.24) is 16.0 Å². The Kier molecular flexibility index (Phi) is 4.75. The third-order valence-corrected chi connectivity index (χ3v) is 4.23. The number of nitrogens with one attached hydrogen (secondary N) is 3. The fraction of sp³-hybridized carbons (Fsp3) is 0.438. The number of imide groups is 1. The van der Waals surface area contributed by atoms with E-state index >= 15 is 0 Å². The number of amides is 3. The van der Waals surface area contributed by atoms with Crippen LogP contribution in [-0.2, 0) is 9.59 Å². The van der Waals surface area contributed by atoms with E-state index in [1.165, 1.54) is 6.07 Å². The number of nitrogens with zero attached hydrogens (tertiary/aromatic N) is 1. The molecule has 3 rings (SSSR count). The van der Waals surface area contributed by atoms with Crippen molar-refractivity contribution in [2.24, 2.45) is 0 Å². The highest BCUT2D eigenvalue weighted by Gasteiger charge is 2.29. The van der Waals surface area contributed by atoms with Crippen LogP contribution in [0.25, 0.3) is 0 Å². The maximum Gasteiger partial charge on any atom is 0.254 e. The molecule has 2 aliphatic rings. The lowest BCUT2D eigenvalue weighted by Gasteiger charge is -2.30. The lowest BCUT2D eigenvalue weighted by atomic mass is 10.0. The Labute approximate surface area is 138 Å². The van der Waals surface area contributed by atoms with Crippen LogP contribution < -0.4 is 20.9 Å². The van der Waals surface area contributed by atoms with Crippen molar-refractivity contribution < 1.29 is 18.8 Å². The lowest BCUT2D eigenvalue weighted by molar-refractivity contribution is -0.134. The lowest BCUT2D eigenvalue weighted by Crippen LogP contribution is -2.52. The molecule has 2 fully saturated rings. The van der Waals surface area contributed by atoms with Crippen molar-refractivity contribution in [3.63, 3.8) is 0 Å². The molecule has 2 heterocycles. The Morgan fingerprint density at radius 1 is 1.25 bits per heavy atom. The molecular formula is C16H19FN4O3. The number of anilines is 1. The minimum Gasteiger partial charge on any atom is -0.367 e. The van der Waals surface area contributed by atoms with E-state index in [-0.39, 0.29) is 24.3 Å². The number of rotatable bonds is 3. The van der Waals surface area contributed by atoms with E-state index in [1.54, 1.807) is 12.1 Å². The first-order valence-corrected chi connectivity index (χ1v) is 7.95. The summed E-state index contributed by atoms with van der Waals surface area (Å²) < 4.78 is 14.7. The second kappa shape index (κ2) is 6.96. The van der Waals surface area contributed by atoms with Crippen molar-refractivity contribution in [2.75, 3.05) is 31.1 Å². The SMILES string of the molecule is O=C1CCC(NC(=O)c2cccc(N3CCNCC3)c2F)C(=O)N1. The number of benzene rings is 1. The maximum atomic E-state index is 14.7. The molecular weight excluding hydrogens is 315 g/mol. The van der Waals surface area contributed by atoms with Gasteiger partial charge in [-0.1, -0.05) is 6.07 Å². The van der Waals surface area contributed by atoms with Crippen LogP contribution in [0.4, 0.5) is 10.1 Å². The van der Waals surface area contributed by atoms with Gasteiger partial charge >= 0.3 is 0 Å². The molecule has 0 radical (unpaired) electrons. The first-order chi connectivity index (χ1) is 11.6. The van der Waals surface area contributed by atoms with Crippen LogP contribution >= 0.6 is 0 Å². The molecule has 0 spiro atoms. The first kappa shape index (κ1) is 16.4. The number of hydrogen-bond donors (Lipinski definition) is 3. The number of piperazine rings is 1. The molecule has 128 valence electrons. The van der Waals surface area contributed by atoms with Crippen LogP contribution in [0.5, 0.6) is 0 Å². The Morgan fingerprint density at radius 2 is 2.00 bits per heavy atom. The van der Waals surface area contributed by atoms with Crippen LogP contribution in [0.15, 0.2) is 18.2 Å². The summed E-state index contributed by atoms with van der Waals surface area (Å²) in [6.07, 6.45) is 0.371. The van der Waals surface area contributed by atoms with Crippen LogP contribution in [0.1, 0.15) is 23.2 Å². The van der Waals surface area contributed by atoms with Crippen LogP contribution in [-0.4, -0.2) is 49.9 Å². The second-order valence-corrected chi connectivity index (χ2v) is 5.85. The zero-order valence-electron chi connectivity index (χ0n) is 13.1. The van der Waals surface area contributed by atoms with Gasteiger partial charge < -0.3 is 15.5 Å². The van der Waals surface area contributed by atoms with Gasteiger partial charge in [0, 0.05) is 32.6 Å². The normalized spacial score (nSPS) is 21.4. The van der Waals surface area contributed by atoms with Gasteiger partial charge in [0.15, 0.2) is 5.82 Å². The average Bonchev–Trinajstić information content (AvgIpc) is 2.58. The number of carbonyl (C=O) groups excluding carboxylic acids is 3. The highest BCUT2D eigenvalue weighted by molar-refractivity contribution is 6.04. The van der Waals surface area contributed by atoms with Gasteiger partial charge in [0.2, 0.25) is 11.8 Å². The van der Waals surface area contributed by atoms with Gasteiger partial charge in [0.05, 0.1) is 11.3 Å². The van der Waals surface area contributed by atoms with Crippen molar-refractivity contribution in [2.45, 2.75) is 18.9 Å². The summed E-state index contributed by atoms with van der Waals surface area (Å²) in [7, 11) is 0. The van der Waals surface area contributed by atoms with Gasteiger partial charge in [-0.2, -0.15) is 0 Å². The number of hydrogen-bond acceptors (Lipinski definition) is 5. The summed E-state index contributed by atoms with van der Waals surface area (Å²) in [5, 5.41) is 7.85. The molecule has 0 bridgehead atoms. The Hall–Kier alpha value is -2.48. The molecule has 1 unspecified atom stereocenters. The third-order valence-electron chi connectivity index (χ3n) is 4.23. The predicted octanol–water partition coefficient (Wildman–Crippen LogP) is -0.230. The van der Waals surface area contributed by atoms with Gasteiger partial charge in [-0.05, 0) is 18.6 Å². The Bertz CT molecular complexity index is 673. The third kappa shape index (κ3) is 3.38. The molecule has 1 aromatic carbocycles. The fourth-order valence-corrected chi connectivity index (χ4v) is 2.91. The monoisotopic (exact) mass is 334 g/mol. The molecule has 0 saturated carbocycles. The van der Waals surface area contributed by atoms with Crippen molar-refractivity contribution in [1.29, 1.82) is 0 Å². The molecule has 1 atom stereocenters. The molecule has 24 heavy (non-hydrogen) atoms. The van der Waals surface area contributed by atoms with Gasteiger partial charge in [-0.3, -0.25) is 19.7 Å². The standard InChI is InChI=1S/C16H19FN4O3/c17-14-10(2-1-3-12(14)21-8-6-18-7-9-21)15(23)19-11-4-5-13(22)20-16(11)24/h1-3,11,18H,4-9H2,(H,19,23)(H,20,22,24). The molecule has 2 saturated heterocycles. The van der Waals surface area contributed by atoms with Crippen molar-refractivity contribution >= 4 is 23.4 Å². The van der Waals surface area contributed by atoms with E-state index < -0.39 is 23.7 Å². The minimum atomic E-state index is -0.822. The topological polar surface area (TPSA) is 90.5 Å². The highest BCUT2D eigenvalue weighted by atomic mass is 19.1. The smallest absolute Gasteiger partial charge is 0.254 e. The Morgan fingerprint density at radius 3 is 2.71 bits per heavy atom. The maximum absolute atomic E-state index is 14.7. The molecule has 3 N–H and O–H groups in total. The molecule has 2 aliphatic heterocycles. The molecule has 0 aromatic heterocycles.